The number of nitrogens with zero attached hydrogens (tertiary/aromatic N) is 2. The predicted octanol–water partition coefficient (Wildman–Crippen LogP) is 3.65. The van der Waals surface area contributed by atoms with Crippen LogP contribution in [0, 0.1) is 0 Å². The molecule has 1 aromatic rings. The first-order valence-electron chi connectivity index (χ1n) is 10.6. The van der Waals surface area contributed by atoms with Gasteiger partial charge in [0.25, 0.3) is 0 Å². The van der Waals surface area contributed by atoms with E-state index in [1.54, 1.807) is 19.1 Å². The molecule has 7 nitrogen and oxygen atoms in total. The highest BCUT2D eigenvalue weighted by molar-refractivity contribution is 14.0. The Morgan fingerprint density at radius 1 is 1.23 bits per heavy atom. The molecule has 3 rings (SSSR count). The van der Waals surface area contributed by atoms with Crippen molar-refractivity contribution in [2.24, 2.45) is 4.99 Å². The summed E-state index contributed by atoms with van der Waals surface area (Å²) in [6.45, 7) is 5.31. The Kier molecular flexibility index (Phi) is 11.0. The number of alkyl halides is 2. The lowest BCUT2D eigenvalue weighted by Crippen LogP contribution is -2.53. The highest BCUT2D eigenvalue weighted by Crippen LogP contribution is 2.30. The third-order valence-corrected chi connectivity index (χ3v) is 5.04. The number of morpholine rings is 1. The maximum Gasteiger partial charge on any atom is 0.387 e. The summed E-state index contributed by atoms with van der Waals surface area (Å²) in [6, 6.07) is 4.92. The average Bonchev–Trinajstić information content (AvgIpc) is 3.28. The Bertz CT molecular complexity index is 705. The van der Waals surface area contributed by atoms with E-state index < -0.39 is 6.61 Å². The average molecular weight is 555 g/mol. The summed E-state index contributed by atoms with van der Waals surface area (Å²) in [6.07, 6.45) is 2.29. The molecule has 2 aliphatic rings. The van der Waals surface area contributed by atoms with Gasteiger partial charge in [-0.05, 0) is 44.4 Å². The molecule has 2 atom stereocenters. The largest absolute Gasteiger partial charge is 0.490 e. The molecular weight excluding hydrogens is 523 g/mol. The molecule has 2 fully saturated rings. The zero-order chi connectivity index (χ0) is 21.3. The second-order valence-electron chi connectivity index (χ2n) is 7.17. The first kappa shape index (κ1) is 25.9. The molecule has 10 heteroatoms. The van der Waals surface area contributed by atoms with Crippen molar-refractivity contribution in [3.63, 3.8) is 0 Å². The van der Waals surface area contributed by atoms with E-state index >= 15 is 0 Å². The second-order valence-corrected chi connectivity index (χ2v) is 7.17. The minimum atomic E-state index is -2.90. The van der Waals surface area contributed by atoms with Gasteiger partial charge in [0.2, 0.25) is 0 Å². The summed E-state index contributed by atoms with van der Waals surface area (Å²) in [5.74, 6) is 1.12. The van der Waals surface area contributed by atoms with Crippen LogP contribution in [0.15, 0.2) is 23.2 Å². The zero-order valence-electron chi connectivity index (χ0n) is 18.0. The molecule has 2 unspecified atom stereocenters. The SMILES string of the molecule is CCNC(=NCc1ccc(OC(F)F)c(OCC)c1)N1CCOC(C2CCCO2)C1.I. The Hall–Kier alpha value is -1.40. The molecule has 2 aliphatic heterocycles. The number of nitrogens with one attached hydrogen (secondary N) is 1. The summed E-state index contributed by atoms with van der Waals surface area (Å²) < 4.78 is 46.9. The van der Waals surface area contributed by atoms with Crippen LogP contribution in [-0.2, 0) is 16.0 Å². The molecule has 0 aliphatic carbocycles. The summed E-state index contributed by atoms with van der Waals surface area (Å²) in [4.78, 5) is 6.94. The van der Waals surface area contributed by atoms with Crippen molar-refractivity contribution >= 4 is 29.9 Å². The van der Waals surface area contributed by atoms with Crippen molar-refractivity contribution in [3.8, 4) is 11.5 Å². The Morgan fingerprint density at radius 2 is 2.03 bits per heavy atom. The lowest BCUT2D eigenvalue weighted by atomic mass is 10.1. The molecule has 0 radical (unpaired) electrons. The van der Waals surface area contributed by atoms with Crippen molar-refractivity contribution in [2.75, 3.05) is 39.5 Å². The normalized spacial score (nSPS) is 21.7. The zero-order valence-corrected chi connectivity index (χ0v) is 20.4. The number of guanidine groups is 1. The minimum absolute atomic E-state index is 0. The summed E-state index contributed by atoms with van der Waals surface area (Å²) >= 11 is 0. The predicted molar refractivity (Wildman–Crippen MR) is 125 cm³/mol. The van der Waals surface area contributed by atoms with Crippen LogP contribution >= 0.6 is 24.0 Å². The Labute approximate surface area is 199 Å². The molecule has 0 amide bonds. The molecule has 1 aromatic carbocycles. The highest BCUT2D eigenvalue weighted by Gasteiger charge is 2.32. The van der Waals surface area contributed by atoms with Crippen LogP contribution in [0.4, 0.5) is 8.78 Å². The molecule has 2 saturated heterocycles. The van der Waals surface area contributed by atoms with Gasteiger partial charge in [-0.1, -0.05) is 6.07 Å². The van der Waals surface area contributed by atoms with Crippen molar-refractivity contribution in [3.05, 3.63) is 23.8 Å². The third-order valence-electron chi connectivity index (χ3n) is 5.04. The fourth-order valence-corrected chi connectivity index (χ4v) is 3.69. The highest BCUT2D eigenvalue weighted by atomic mass is 127. The minimum Gasteiger partial charge on any atom is -0.490 e. The van der Waals surface area contributed by atoms with Gasteiger partial charge in [-0.15, -0.1) is 24.0 Å². The van der Waals surface area contributed by atoms with E-state index in [1.807, 2.05) is 6.92 Å². The fourth-order valence-electron chi connectivity index (χ4n) is 3.69. The van der Waals surface area contributed by atoms with E-state index in [2.05, 4.69) is 15.0 Å². The third kappa shape index (κ3) is 7.60. The molecule has 1 N–H and O–H groups in total. The van der Waals surface area contributed by atoms with Crippen LogP contribution in [0.2, 0.25) is 0 Å². The van der Waals surface area contributed by atoms with E-state index in [9.17, 15) is 8.78 Å². The van der Waals surface area contributed by atoms with Crippen molar-refractivity contribution in [2.45, 2.75) is 52.1 Å². The van der Waals surface area contributed by atoms with Crippen LogP contribution in [0.1, 0.15) is 32.3 Å². The number of ether oxygens (including phenoxy) is 4. The van der Waals surface area contributed by atoms with E-state index in [1.165, 1.54) is 6.07 Å². The van der Waals surface area contributed by atoms with E-state index in [0.29, 0.717) is 25.5 Å². The van der Waals surface area contributed by atoms with Gasteiger partial charge in [0, 0.05) is 26.2 Å². The molecule has 0 saturated carbocycles. The number of hydrogen-bond donors (Lipinski definition) is 1. The van der Waals surface area contributed by atoms with Gasteiger partial charge in [0.1, 0.15) is 6.10 Å². The van der Waals surface area contributed by atoms with E-state index in [-0.39, 0.29) is 41.9 Å². The van der Waals surface area contributed by atoms with E-state index in [0.717, 1.165) is 50.6 Å². The molecular formula is C21H32F2IN3O4. The number of rotatable bonds is 8. The van der Waals surface area contributed by atoms with E-state index in [4.69, 9.17) is 19.2 Å². The Morgan fingerprint density at radius 3 is 2.71 bits per heavy atom. The van der Waals surface area contributed by atoms with Gasteiger partial charge < -0.3 is 29.2 Å². The van der Waals surface area contributed by atoms with Gasteiger partial charge in [-0.25, -0.2) is 4.99 Å². The van der Waals surface area contributed by atoms with Gasteiger partial charge in [0.15, 0.2) is 17.5 Å². The molecule has 176 valence electrons. The monoisotopic (exact) mass is 555 g/mol. The van der Waals surface area contributed by atoms with Crippen LogP contribution in [0.25, 0.3) is 0 Å². The van der Waals surface area contributed by atoms with Gasteiger partial charge >= 0.3 is 6.61 Å². The lowest BCUT2D eigenvalue weighted by Gasteiger charge is -2.37. The number of hydrogen-bond acceptors (Lipinski definition) is 5. The quantitative estimate of drug-likeness (QED) is 0.300. The fraction of sp³-hybridized carbons (Fsp3) is 0.667. The number of halogens is 3. The first-order valence-corrected chi connectivity index (χ1v) is 10.6. The smallest absolute Gasteiger partial charge is 0.387 e. The molecule has 0 spiro atoms. The maximum absolute atomic E-state index is 12.6. The first-order chi connectivity index (χ1) is 14.6. The second kappa shape index (κ2) is 13.2. The van der Waals surface area contributed by atoms with Crippen LogP contribution in [0.5, 0.6) is 11.5 Å². The van der Waals surface area contributed by atoms with Crippen molar-refractivity contribution < 1.29 is 27.7 Å². The van der Waals surface area contributed by atoms with Crippen LogP contribution in [0.3, 0.4) is 0 Å². The van der Waals surface area contributed by atoms with Crippen molar-refractivity contribution in [1.29, 1.82) is 0 Å². The number of benzene rings is 1. The lowest BCUT2D eigenvalue weighted by molar-refractivity contribution is -0.0817. The van der Waals surface area contributed by atoms with Crippen LogP contribution in [-0.4, -0.2) is 69.1 Å². The standard InChI is InChI=1S/C21H31F2N3O4.HI/c1-3-24-21(26-9-11-29-19(14-26)16-6-5-10-28-16)25-13-15-7-8-17(30-20(22)23)18(12-15)27-4-2;/h7-8,12,16,19-20H,3-6,9-11,13-14H2,1-2H3,(H,24,25);1H. The Balaban J connectivity index is 0.00000341. The molecule has 31 heavy (non-hydrogen) atoms. The summed E-state index contributed by atoms with van der Waals surface area (Å²) in [5.41, 5.74) is 0.847. The van der Waals surface area contributed by atoms with Gasteiger partial charge in [-0.2, -0.15) is 8.78 Å². The van der Waals surface area contributed by atoms with Crippen molar-refractivity contribution in [1.82, 2.24) is 10.2 Å². The molecule has 0 aromatic heterocycles. The van der Waals surface area contributed by atoms with Crippen LogP contribution < -0.4 is 14.8 Å². The number of aliphatic imine (C=N–C) groups is 1. The topological polar surface area (TPSA) is 64.6 Å². The summed E-state index contributed by atoms with van der Waals surface area (Å²) in [5, 5.41) is 3.34. The van der Waals surface area contributed by atoms with Gasteiger partial charge in [0.05, 0.1) is 25.9 Å². The molecule has 2 heterocycles. The molecule has 0 bridgehead atoms. The summed E-state index contributed by atoms with van der Waals surface area (Å²) in [7, 11) is 0. The van der Waals surface area contributed by atoms with Gasteiger partial charge in [-0.3, -0.25) is 0 Å². The maximum atomic E-state index is 12.6.